The van der Waals surface area contributed by atoms with E-state index in [1.165, 1.54) is 36.1 Å². The van der Waals surface area contributed by atoms with Crippen LogP contribution in [0.4, 0.5) is 0 Å². The number of allylic oxidation sites excluding steroid dienone is 1. The summed E-state index contributed by atoms with van der Waals surface area (Å²) in [6.07, 6.45) is 5.85. The lowest BCUT2D eigenvalue weighted by atomic mass is 10.4. The van der Waals surface area contributed by atoms with Gasteiger partial charge in [-0.15, -0.1) is 16.8 Å². The van der Waals surface area contributed by atoms with Gasteiger partial charge in [0.15, 0.2) is 15.3 Å². The zero-order valence-corrected chi connectivity index (χ0v) is 13.3. The number of furan rings is 1. The molecule has 0 saturated heterocycles. The second-order valence-corrected chi connectivity index (χ2v) is 6.94. The maximum atomic E-state index is 5.42. The summed E-state index contributed by atoms with van der Waals surface area (Å²) in [6, 6.07) is 3.70. The molecule has 6 nitrogen and oxygen atoms in total. The number of aromatic nitrogens is 5. The molecule has 0 unspecified atom stereocenters. The third kappa shape index (κ3) is 2.59. The van der Waals surface area contributed by atoms with Gasteiger partial charge in [0.05, 0.1) is 6.26 Å². The smallest absolute Gasteiger partial charge is 0.200 e. The van der Waals surface area contributed by atoms with Crippen LogP contribution >= 0.6 is 23.3 Å². The van der Waals surface area contributed by atoms with E-state index in [1.807, 2.05) is 22.8 Å². The van der Waals surface area contributed by atoms with Gasteiger partial charge in [-0.1, -0.05) is 6.08 Å². The third-order valence-electron chi connectivity index (χ3n) is 3.31. The molecule has 3 aromatic rings. The molecule has 3 aromatic heterocycles. The Morgan fingerprint density at radius 1 is 1.45 bits per heavy atom. The Morgan fingerprint density at radius 3 is 3.09 bits per heavy atom. The number of hydrogen-bond acceptors (Lipinski definition) is 7. The highest BCUT2D eigenvalue weighted by Crippen LogP contribution is 2.40. The van der Waals surface area contributed by atoms with E-state index >= 15 is 0 Å². The second kappa shape index (κ2) is 5.69. The van der Waals surface area contributed by atoms with Crippen LogP contribution in [0.15, 0.2) is 45.0 Å². The summed E-state index contributed by atoms with van der Waals surface area (Å²) in [6.45, 7) is 4.41. The van der Waals surface area contributed by atoms with Gasteiger partial charge >= 0.3 is 0 Å². The van der Waals surface area contributed by atoms with Crippen molar-refractivity contribution in [2.45, 2.75) is 34.8 Å². The van der Waals surface area contributed by atoms with Crippen molar-refractivity contribution < 1.29 is 4.42 Å². The van der Waals surface area contributed by atoms with Crippen molar-refractivity contribution in [2.75, 3.05) is 0 Å². The minimum atomic E-state index is 0.565. The fraction of sp³-hybridized carbons (Fsp3) is 0.286. The first kappa shape index (κ1) is 13.7. The van der Waals surface area contributed by atoms with Gasteiger partial charge in [0.25, 0.3) is 0 Å². The molecule has 112 valence electrons. The lowest BCUT2D eigenvalue weighted by molar-refractivity contribution is 0.569. The van der Waals surface area contributed by atoms with E-state index in [9.17, 15) is 0 Å². The standard InChI is InChI=1S/C14H13N5OS2/c1-2-7-19-12(10-4-3-8-20-10)16-17-13(19)21-14-15-11(18-22-14)9-5-6-9/h2-4,8-9H,1,5-7H2. The lowest BCUT2D eigenvalue weighted by Gasteiger charge is -2.04. The minimum absolute atomic E-state index is 0.565. The molecule has 0 radical (unpaired) electrons. The molecule has 1 aliphatic rings. The van der Waals surface area contributed by atoms with Gasteiger partial charge in [0.2, 0.25) is 5.82 Å². The van der Waals surface area contributed by atoms with Crippen molar-refractivity contribution in [3.8, 4) is 11.6 Å². The first-order valence-electron chi connectivity index (χ1n) is 6.94. The molecule has 0 bridgehead atoms. The highest BCUT2D eigenvalue weighted by Gasteiger charge is 2.28. The van der Waals surface area contributed by atoms with Crippen LogP contribution in [0.2, 0.25) is 0 Å². The van der Waals surface area contributed by atoms with Gasteiger partial charge in [0.1, 0.15) is 5.82 Å². The molecule has 4 rings (SSSR count). The van der Waals surface area contributed by atoms with Crippen LogP contribution in [0, 0.1) is 0 Å². The van der Waals surface area contributed by atoms with E-state index in [0.717, 1.165) is 15.3 Å². The van der Waals surface area contributed by atoms with Crippen molar-refractivity contribution in [2.24, 2.45) is 0 Å². The topological polar surface area (TPSA) is 69.6 Å². The van der Waals surface area contributed by atoms with Gasteiger partial charge in [-0.3, -0.25) is 4.57 Å². The van der Waals surface area contributed by atoms with Crippen LogP contribution in [0.5, 0.6) is 0 Å². The number of hydrogen-bond donors (Lipinski definition) is 0. The Labute approximate surface area is 135 Å². The largest absolute Gasteiger partial charge is 0.461 e. The SMILES string of the molecule is C=CCn1c(Sc2nc(C3CC3)ns2)nnc1-c1ccco1. The van der Waals surface area contributed by atoms with E-state index in [0.29, 0.717) is 24.0 Å². The van der Waals surface area contributed by atoms with Crippen LogP contribution in [-0.4, -0.2) is 24.1 Å². The summed E-state index contributed by atoms with van der Waals surface area (Å²) in [7, 11) is 0. The monoisotopic (exact) mass is 331 g/mol. The molecule has 0 aromatic carbocycles. The van der Waals surface area contributed by atoms with Crippen molar-refractivity contribution in [3.63, 3.8) is 0 Å². The summed E-state index contributed by atoms with van der Waals surface area (Å²) >= 11 is 2.90. The molecule has 0 N–H and O–H groups in total. The molecule has 1 aliphatic carbocycles. The van der Waals surface area contributed by atoms with E-state index in [2.05, 4.69) is 26.1 Å². The van der Waals surface area contributed by atoms with Crippen molar-refractivity contribution in [1.29, 1.82) is 0 Å². The molecule has 0 atom stereocenters. The fourth-order valence-corrected chi connectivity index (χ4v) is 3.72. The minimum Gasteiger partial charge on any atom is -0.461 e. The Kier molecular flexibility index (Phi) is 3.55. The Balaban J connectivity index is 1.63. The molecular formula is C14H13N5OS2. The predicted octanol–water partition coefficient (Wildman–Crippen LogP) is 3.60. The zero-order chi connectivity index (χ0) is 14.9. The summed E-state index contributed by atoms with van der Waals surface area (Å²) in [5.41, 5.74) is 0. The third-order valence-corrected chi connectivity index (χ3v) is 5.06. The van der Waals surface area contributed by atoms with Gasteiger partial charge in [-0.25, -0.2) is 4.98 Å². The number of nitrogens with zero attached hydrogens (tertiary/aromatic N) is 5. The second-order valence-electron chi connectivity index (χ2n) is 4.98. The van der Waals surface area contributed by atoms with E-state index in [-0.39, 0.29) is 0 Å². The average Bonchev–Trinajstić information content (AvgIpc) is 2.94. The van der Waals surface area contributed by atoms with Crippen LogP contribution < -0.4 is 0 Å². The highest BCUT2D eigenvalue weighted by atomic mass is 32.2. The van der Waals surface area contributed by atoms with Crippen molar-refractivity contribution in [1.82, 2.24) is 24.1 Å². The first-order chi connectivity index (χ1) is 10.8. The quantitative estimate of drug-likeness (QED) is 0.643. The lowest BCUT2D eigenvalue weighted by Crippen LogP contribution is -1.99. The summed E-state index contributed by atoms with van der Waals surface area (Å²) in [4.78, 5) is 4.58. The van der Waals surface area contributed by atoms with Crippen LogP contribution in [0.3, 0.4) is 0 Å². The summed E-state index contributed by atoms with van der Waals surface area (Å²) < 4.78 is 12.7. The highest BCUT2D eigenvalue weighted by molar-refractivity contribution is 8.00. The van der Waals surface area contributed by atoms with Gasteiger partial charge in [-0.2, -0.15) is 4.37 Å². The Morgan fingerprint density at radius 2 is 2.36 bits per heavy atom. The molecular weight excluding hydrogens is 318 g/mol. The predicted molar refractivity (Wildman–Crippen MR) is 83.9 cm³/mol. The molecule has 1 saturated carbocycles. The zero-order valence-electron chi connectivity index (χ0n) is 11.7. The van der Waals surface area contributed by atoms with Gasteiger partial charge in [0, 0.05) is 12.5 Å². The van der Waals surface area contributed by atoms with Gasteiger partial charge < -0.3 is 4.42 Å². The normalized spacial score (nSPS) is 14.4. The van der Waals surface area contributed by atoms with Crippen LogP contribution in [0.1, 0.15) is 24.6 Å². The maximum Gasteiger partial charge on any atom is 0.200 e. The molecule has 8 heteroatoms. The molecule has 1 fully saturated rings. The number of rotatable bonds is 6. The average molecular weight is 331 g/mol. The van der Waals surface area contributed by atoms with Gasteiger partial charge in [-0.05, 0) is 48.3 Å². The fourth-order valence-electron chi connectivity index (χ4n) is 2.09. The van der Waals surface area contributed by atoms with E-state index in [1.54, 1.807) is 6.26 Å². The van der Waals surface area contributed by atoms with Crippen molar-refractivity contribution >= 4 is 23.3 Å². The Bertz CT molecular complexity index is 788. The summed E-state index contributed by atoms with van der Waals surface area (Å²) in [5, 5.41) is 9.27. The van der Waals surface area contributed by atoms with Crippen LogP contribution in [-0.2, 0) is 6.54 Å². The van der Waals surface area contributed by atoms with E-state index < -0.39 is 0 Å². The molecule has 3 heterocycles. The van der Waals surface area contributed by atoms with Crippen LogP contribution in [0.25, 0.3) is 11.6 Å². The van der Waals surface area contributed by atoms with Crippen molar-refractivity contribution in [3.05, 3.63) is 36.9 Å². The molecule has 0 amide bonds. The molecule has 0 spiro atoms. The Hall–Kier alpha value is -1.93. The molecule has 0 aliphatic heterocycles. The molecule has 22 heavy (non-hydrogen) atoms. The maximum absolute atomic E-state index is 5.42. The van der Waals surface area contributed by atoms with E-state index in [4.69, 9.17) is 4.42 Å². The summed E-state index contributed by atoms with van der Waals surface area (Å²) in [5.74, 6) is 2.92. The first-order valence-corrected chi connectivity index (χ1v) is 8.53.